The summed E-state index contributed by atoms with van der Waals surface area (Å²) in [4.78, 5) is 35.4. The molecular weight excluding hydrogens is 529 g/mol. The van der Waals surface area contributed by atoms with Crippen LogP contribution in [0.25, 0.3) is 21.9 Å². The van der Waals surface area contributed by atoms with E-state index in [1.165, 1.54) is 11.1 Å². The molecule has 0 atom stereocenters. The molecule has 10 nitrogen and oxygen atoms in total. The monoisotopic (exact) mass is 567 g/mol. The minimum Gasteiger partial charge on any atom is -0.474 e. The summed E-state index contributed by atoms with van der Waals surface area (Å²) >= 11 is 0. The summed E-state index contributed by atoms with van der Waals surface area (Å²) in [7, 11) is 3.75. The van der Waals surface area contributed by atoms with Gasteiger partial charge in [-0.05, 0) is 96.6 Å². The fourth-order valence-corrected chi connectivity index (χ4v) is 4.59. The van der Waals surface area contributed by atoms with E-state index in [2.05, 4.69) is 20.6 Å². The molecule has 5 rings (SSSR count). The van der Waals surface area contributed by atoms with Crippen molar-refractivity contribution in [1.82, 2.24) is 15.3 Å². The molecule has 11 heteroatoms. The van der Waals surface area contributed by atoms with Gasteiger partial charge in [-0.15, -0.1) is 0 Å². The van der Waals surface area contributed by atoms with Crippen LogP contribution in [-0.4, -0.2) is 61.1 Å². The minimum absolute atomic E-state index is 0.0536. The van der Waals surface area contributed by atoms with E-state index in [0.29, 0.717) is 50.4 Å². The Kier molecular flexibility index (Phi) is 8.96. The predicted octanol–water partition coefficient (Wildman–Crippen LogP) is 6.12. The highest BCUT2D eigenvalue weighted by atomic mass is 19.1. The number of amides is 2. The highest BCUT2D eigenvalue weighted by Gasteiger charge is 2.32. The molecule has 0 saturated heterocycles. The molecule has 0 spiro atoms. The Morgan fingerprint density at radius 2 is 1.78 bits per heavy atom. The van der Waals surface area contributed by atoms with Crippen molar-refractivity contribution in [3.05, 3.63) is 41.5 Å². The van der Waals surface area contributed by atoms with Crippen LogP contribution in [0.5, 0.6) is 5.88 Å². The van der Waals surface area contributed by atoms with Crippen LogP contribution in [0, 0.1) is 19.7 Å². The SMILES string of the molecule is CNC.Cc1c(-c2cc3cc(NC(=O)OC4CCC4)ncc3c(C)c2F)cnc2c1N(C(=O)OC(C)(C)C)CCO2. The number of aromatic nitrogens is 2. The standard InChI is InChI=1S/C28H31FN4O5.C2H7N/c1-15-20-13-30-22(32-26(34)37-18-7-6-8-18)12-17(20)11-19(23(15)29)21-14-31-25-24(16(21)2)33(9-10-36-25)27(35)38-28(3,4)5;1-3-2/h11-14,18H,6-10H2,1-5H3,(H,30,32,34);3H,1-2H3. The lowest BCUT2D eigenvalue weighted by Crippen LogP contribution is -2.42. The fourth-order valence-electron chi connectivity index (χ4n) is 4.59. The lowest BCUT2D eigenvalue weighted by molar-refractivity contribution is 0.0565. The summed E-state index contributed by atoms with van der Waals surface area (Å²) < 4.78 is 32.4. The molecule has 2 amide bonds. The lowest BCUT2D eigenvalue weighted by atomic mass is 9.95. The van der Waals surface area contributed by atoms with E-state index in [9.17, 15) is 9.59 Å². The summed E-state index contributed by atoms with van der Waals surface area (Å²) in [6.45, 7) is 9.43. The maximum absolute atomic E-state index is 15.7. The largest absolute Gasteiger partial charge is 0.474 e. The van der Waals surface area contributed by atoms with E-state index in [1.54, 1.807) is 52.9 Å². The number of carbonyl (C=O) groups excluding carboxylic acids is 2. The zero-order valence-corrected chi connectivity index (χ0v) is 24.7. The van der Waals surface area contributed by atoms with Gasteiger partial charge in [-0.3, -0.25) is 10.2 Å². The molecule has 220 valence electrons. The van der Waals surface area contributed by atoms with E-state index in [1.807, 2.05) is 14.1 Å². The molecule has 3 heterocycles. The molecule has 1 aromatic carbocycles. The molecule has 2 aliphatic rings. The van der Waals surface area contributed by atoms with Crippen molar-refractivity contribution in [2.75, 3.05) is 37.5 Å². The Morgan fingerprint density at radius 1 is 1.07 bits per heavy atom. The van der Waals surface area contributed by atoms with Gasteiger partial charge < -0.3 is 19.5 Å². The smallest absolute Gasteiger partial charge is 0.415 e. The third kappa shape index (κ3) is 6.67. The van der Waals surface area contributed by atoms with Crippen molar-refractivity contribution in [2.45, 2.75) is 65.6 Å². The van der Waals surface area contributed by atoms with Crippen LogP contribution in [0.1, 0.15) is 51.2 Å². The molecule has 1 aliphatic heterocycles. The zero-order valence-electron chi connectivity index (χ0n) is 24.7. The summed E-state index contributed by atoms with van der Waals surface area (Å²) in [6.07, 6.45) is 4.74. The minimum atomic E-state index is -0.680. The molecule has 2 N–H and O–H groups in total. The van der Waals surface area contributed by atoms with Crippen LogP contribution in [-0.2, 0) is 9.47 Å². The molecule has 2 aromatic heterocycles. The van der Waals surface area contributed by atoms with E-state index in [4.69, 9.17) is 14.2 Å². The Hall–Kier alpha value is -3.99. The van der Waals surface area contributed by atoms with Crippen molar-refractivity contribution in [3.8, 4) is 17.0 Å². The van der Waals surface area contributed by atoms with Crippen LogP contribution >= 0.6 is 0 Å². The molecule has 0 radical (unpaired) electrons. The van der Waals surface area contributed by atoms with Gasteiger partial charge in [-0.2, -0.15) is 0 Å². The Labute approximate surface area is 239 Å². The summed E-state index contributed by atoms with van der Waals surface area (Å²) in [5.41, 5.74) is 1.64. The highest BCUT2D eigenvalue weighted by Crippen LogP contribution is 2.41. The van der Waals surface area contributed by atoms with Gasteiger partial charge in [0.2, 0.25) is 5.88 Å². The maximum atomic E-state index is 15.7. The second kappa shape index (κ2) is 12.3. The van der Waals surface area contributed by atoms with E-state index in [0.717, 1.165) is 19.3 Å². The van der Waals surface area contributed by atoms with Crippen molar-refractivity contribution >= 4 is 34.5 Å². The van der Waals surface area contributed by atoms with E-state index < -0.39 is 23.6 Å². The molecule has 0 unspecified atom stereocenters. The van der Waals surface area contributed by atoms with Gasteiger partial charge in [0, 0.05) is 28.9 Å². The number of hydrogen-bond acceptors (Lipinski definition) is 8. The zero-order chi connectivity index (χ0) is 29.9. The Morgan fingerprint density at radius 3 is 2.41 bits per heavy atom. The number of ether oxygens (including phenoxy) is 3. The van der Waals surface area contributed by atoms with Gasteiger partial charge in [0.1, 0.15) is 35.6 Å². The second-order valence-corrected chi connectivity index (χ2v) is 11.2. The van der Waals surface area contributed by atoms with E-state index >= 15 is 4.39 Å². The van der Waals surface area contributed by atoms with Gasteiger partial charge in [-0.1, -0.05) is 0 Å². The molecule has 41 heavy (non-hydrogen) atoms. The van der Waals surface area contributed by atoms with Crippen LogP contribution in [0.4, 0.5) is 25.5 Å². The van der Waals surface area contributed by atoms with Gasteiger partial charge in [0.25, 0.3) is 0 Å². The molecular formula is C30H38FN5O5. The summed E-state index contributed by atoms with van der Waals surface area (Å²) in [6, 6.07) is 3.38. The highest BCUT2D eigenvalue weighted by molar-refractivity contribution is 5.96. The number of fused-ring (bicyclic) bond motifs is 2. The molecule has 1 fully saturated rings. The normalized spacial score (nSPS) is 14.7. The number of aryl methyl sites for hydroxylation is 1. The topological polar surface area (TPSA) is 115 Å². The molecule has 1 saturated carbocycles. The molecule has 1 aliphatic carbocycles. The van der Waals surface area contributed by atoms with Crippen molar-refractivity contribution in [3.63, 3.8) is 0 Å². The number of benzene rings is 1. The molecule has 3 aromatic rings. The summed E-state index contributed by atoms with van der Waals surface area (Å²) in [5, 5.41) is 6.72. The first-order valence-corrected chi connectivity index (χ1v) is 13.7. The number of rotatable bonds is 3. The first kappa shape index (κ1) is 30.0. The van der Waals surface area contributed by atoms with Gasteiger partial charge in [0.05, 0.1) is 6.54 Å². The second-order valence-electron chi connectivity index (χ2n) is 11.2. The molecule has 0 bridgehead atoms. The number of halogens is 1. The number of nitrogens with one attached hydrogen (secondary N) is 2. The number of hydrogen-bond donors (Lipinski definition) is 2. The summed E-state index contributed by atoms with van der Waals surface area (Å²) in [5.74, 6) is 0.181. The fraction of sp³-hybridized carbons (Fsp3) is 0.467. The number of nitrogens with zero attached hydrogens (tertiary/aromatic N) is 3. The Balaban J connectivity index is 0.00000124. The van der Waals surface area contributed by atoms with Crippen LogP contribution in [0.15, 0.2) is 24.5 Å². The number of pyridine rings is 2. The number of anilines is 2. The Bertz CT molecular complexity index is 1450. The van der Waals surface area contributed by atoms with Crippen LogP contribution in [0.2, 0.25) is 0 Å². The third-order valence-corrected chi connectivity index (χ3v) is 6.76. The van der Waals surface area contributed by atoms with Crippen LogP contribution < -0.4 is 20.3 Å². The van der Waals surface area contributed by atoms with E-state index in [-0.39, 0.29) is 19.3 Å². The first-order valence-electron chi connectivity index (χ1n) is 13.7. The van der Waals surface area contributed by atoms with Gasteiger partial charge in [0.15, 0.2) is 0 Å². The number of carbonyl (C=O) groups is 2. The van der Waals surface area contributed by atoms with Gasteiger partial charge in [-0.25, -0.2) is 23.9 Å². The van der Waals surface area contributed by atoms with Gasteiger partial charge >= 0.3 is 12.2 Å². The van der Waals surface area contributed by atoms with Crippen molar-refractivity contribution in [1.29, 1.82) is 0 Å². The maximum Gasteiger partial charge on any atom is 0.415 e. The average Bonchev–Trinajstić information content (AvgIpc) is 2.88. The lowest BCUT2D eigenvalue weighted by Gasteiger charge is -2.32. The quantitative estimate of drug-likeness (QED) is 0.389. The third-order valence-electron chi connectivity index (χ3n) is 6.76. The average molecular weight is 568 g/mol. The first-order chi connectivity index (χ1) is 19.4. The van der Waals surface area contributed by atoms with Crippen LogP contribution in [0.3, 0.4) is 0 Å². The van der Waals surface area contributed by atoms with Crippen molar-refractivity contribution < 1.29 is 28.2 Å². The van der Waals surface area contributed by atoms with Crippen molar-refractivity contribution in [2.24, 2.45) is 0 Å². The predicted molar refractivity (Wildman–Crippen MR) is 156 cm³/mol.